The molecule has 168 valence electrons. The van der Waals surface area contributed by atoms with Gasteiger partial charge in [-0.05, 0) is 50.0 Å². The molecule has 2 heterocycles. The van der Waals surface area contributed by atoms with E-state index in [1.807, 2.05) is 0 Å². The Morgan fingerprint density at radius 3 is 2.58 bits per heavy atom. The van der Waals surface area contributed by atoms with E-state index in [1.165, 1.54) is 31.5 Å². The standard InChI is InChI=1S/C22H26F3N3O3/c1-15-6-8-27(9-7-15)12-18-11-19(29)20(31-2)13-28(18)14-21(30)26-17-5-3-4-16(10-17)22(23,24)25/h3-5,10-11,13,15H,6-9,12,14H2,1-2H3,(H,26,30). The fourth-order valence-electron chi connectivity index (χ4n) is 3.61. The van der Waals surface area contributed by atoms with Crippen molar-refractivity contribution in [1.82, 2.24) is 9.47 Å². The molecule has 0 unspecified atom stereocenters. The van der Waals surface area contributed by atoms with Gasteiger partial charge in [0.2, 0.25) is 11.3 Å². The Labute approximate surface area is 178 Å². The minimum Gasteiger partial charge on any atom is -0.491 e. The number of carbonyl (C=O) groups is 1. The predicted octanol–water partition coefficient (Wildman–Crippen LogP) is 3.75. The molecular formula is C22H26F3N3O3. The van der Waals surface area contributed by atoms with Crippen molar-refractivity contribution in [3.05, 3.63) is 58.0 Å². The van der Waals surface area contributed by atoms with E-state index < -0.39 is 17.6 Å². The summed E-state index contributed by atoms with van der Waals surface area (Å²) in [4.78, 5) is 27.1. The van der Waals surface area contributed by atoms with Crippen LogP contribution >= 0.6 is 0 Å². The van der Waals surface area contributed by atoms with Gasteiger partial charge in [-0.1, -0.05) is 13.0 Å². The van der Waals surface area contributed by atoms with Crippen molar-refractivity contribution in [2.75, 3.05) is 25.5 Å². The van der Waals surface area contributed by atoms with Crippen LogP contribution in [0.1, 0.15) is 31.0 Å². The third kappa shape index (κ3) is 6.10. The van der Waals surface area contributed by atoms with Crippen LogP contribution in [0.2, 0.25) is 0 Å². The number of carbonyl (C=O) groups excluding carboxylic acids is 1. The Bertz CT molecular complexity index is 980. The maximum Gasteiger partial charge on any atom is 0.416 e. The van der Waals surface area contributed by atoms with Gasteiger partial charge in [0.1, 0.15) is 6.54 Å². The lowest BCUT2D eigenvalue weighted by Gasteiger charge is -2.31. The number of alkyl halides is 3. The second-order valence-corrected chi connectivity index (χ2v) is 7.91. The number of nitrogens with one attached hydrogen (secondary N) is 1. The number of aromatic nitrogens is 1. The van der Waals surface area contributed by atoms with Crippen LogP contribution in [-0.2, 0) is 24.1 Å². The number of ether oxygens (including phenoxy) is 1. The van der Waals surface area contributed by atoms with Crippen molar-refractivity contribution in [2.45, 2.75) is 39.0 Å². The Morgan fingerprint density at radius 2 is 1.94 bits per heavy atom. The smallest absolute Gasteiger partial charge is 0.416 e. The van der Waals surface area contributed by atoms with Crippen molar-refractivity contribution in [3.63, 3.8) is 0 Å². The number of likely N-dealkylation sites (tertiary alicyclic amines) is 1. The summed E-state index contributed by atoms with van der Waals surface area (Å²) in [6, 6.07) is 5.92. The highest BCUT2D eigenvalue weighted by Crippen LogP contribution is 2.30. The first-order chi connectivity index (χ1) is 14.7. The molecule has 1 fully saturated rings. The molecule has 1 N–H and O–H groups in total. The van der Waals surface area contributed by atoms with Crippen LogP contribution in [0.25, 0.3) is 0 Å². The van der Waals surface area contributed by atoms with E-state index in [-0.39, 0.29) is 23.4 Å². The summed E-state index contributed by atoms with van der Waals surface area (Å²) in [5.74, 6) is 0.258. The third-order valence-electron chi connectivity index (χ3n) is 5.45. The molecule has 2 aromatic rings. The van der Waals surface area contributed by atoms with Crippen molar-refractivity contribution in [1.29, 1.82) is 0 Å². The third-order valence-corrected chi connectivity index (χ3v) is 5.45. The molecule has 0 atom stereocenters. The monoisotopic (exact) mass is 437 g/mol. The molecule has 3 rings (SSSR count). The highest BCUT2D eigenvalue weighted by Gasteiger charge is 2.30. The van der Waals surface area contributed by atoms with Gasteiger partial charge in [-0.25, -0.2) is 0 Å². The molecule has 1 aliphatic rings. The number of piperidine rings is 1. The molecule has 6 nitrogen and oxygen atoms in total. The Balaban J connectivity index is 1.77. The van der Waals surface area contributed by atoms with E-state index >= 15 is 0 Å². The quantitative estimate of drug-likeness (QED) is 0.748. The highest BCUT2D eigenvalue weighted by atomic mass is 19.4. The molecule has 1 amide bonds. The summed E-state index contributed by atoms with van der Waals surface area (Å²) < 4.78 is 45.4. The number of amides is 1. The molecule has 1 saturated heterocycles. The number of nitrogens with zero attached hydrogens (tertiary/aromatic N) is 2. The highest BCUT2D eigenvalue weighted by molar-refractivity contribution is 5.90. The average molecular weight is 437 g/mol. The maximum atomic E-state index is 12.9. The number of methoxy groups -OCH3 is 1. The molecule has 1 aliphatic heterocycles. The molecule has 31 heavy (non-hydrogen) atoms. The van der Waals surface area contributed by atoms with Gasteiger partial charge in [0.05, 0.1) is 18.9 Å². The molecule has 0 radical (unpaired) electrons. The number of anilines is 1. The van der Waals surface area contributed by atoms with Gasteiger partial charge in [-0.3, -0.25) is 14.5 Å². The Morgan fingerprint density at radius 1 is 1.23 bits per heavy atom. The van der Waals surface area contributed by atoms with E-state index in [9.17, 15) is 22.8 Å². The van der Waals surface area contributed by atoms with Gasteiger partial charge in [-0.15, -0.1) is 0 Å². The van der Waals surface area contributed by atoms with Crippen LogP contribution < -0.4 is 15.5 Å². The molecule has 1 aromatic heterocycles. The van der Waals surface area contributed by atoms with E-state index in [0.29, 0.717) is 18.2 Å². The lowest BCUT2D eigenvalue weighted by molar-refractivity contribution is -0.137. The SMILES string of the molecule is COc1cn(CC(=O)Nc2cccc(C(F)(F)F)c2)c(CN2CCC(C)CC2)cc1=O. The lowest BCUT2D eigenvalue weighted by atomic mass is 9.99. The van der Waals surface area contributed by atoms with E-state index in [1.54, 1.807) is 4.57 Å². The number of halogens is 3. The molecular weight excluding hydrogens is 411 g/mol. The second kappa shape index (κ2) is 9.55. The van der Waals surface area contributed by atoms with Gasteiger partial charge in [0.25, 0.3) is 0 Å². The number of hydrogen-bond donors (Lipinski definition) is 1. The molecule has 0 bridgehead atoms. The van der Waals surface area contributed by atoms with E-state index in [4.69, 9.17) is 4.74 Å². The summed E-state index contributed by atoms with van der Waals surface area (Å²) in [6.07, 6.45) is -0.894. The van der Waals surface area contributed by atoms with Gasteiger partial charge < -0.3 is 14.6 Å². The van der Waals surface area contributed by atoms with Crippen LogP contribution in [0.5, 0.6) is 5.75 Å². The normalized spacial score (nSPS) is 15.6. The van der Waals surface area contributed by atoms with Gasteiger partial charge >= 0.3 is 6.18 Å². The van der Waals surface area contributed by atoms with Crippen LogP contribution in [-0.4, -0.2) is 35.6 Å². The molecule has 0 saturated carbocycles. The van der Waals surface area contributed by atoms with Gasteiger partial charge in [-0.2, -0.15) is 13.2 Å². The molecule has 0 aliphatic carbocycles. The number of hydrogen-bond acceptors (Lipinski definition) is 4. The molecule has 1 aromatic carbocycles. The van der Waals surface area contributed by atoms with Crippen LogP contribution in [0.15, 0.2) is 41.3 Å². The fraction of sp³-hybridized carbons (Fsp3) is 0.455. The van der Waals surface area contributed by atoms with E-state index in [2.05, 4.69) is 17.1 Å². The minimum absolute atomic E-state index is 0.0550. The summed E-state index contributed by atoms with van der Waals surface area (Å²) in [5, 5.41) is 2.50. The van der Waals surface area contributed by atoms with Crippen molar-refractivity contribution in [3.8, 4) is 5.75 Å². The number of benzene rings is 1. The van der Waals surface area contributed by atoms with Crippen LogP contribution in [0, 0.1) is 5.92 Å². The van der Waals surface area contributed by atoms with Crippen LogP contribution in [0.4, 0.5) is 18.9 Å². The van der Waals surface area contributed by atoms with Crippen molar-refractivity contribution < 1.29 is 22.7 Å². The Hall–Kier alpha value is -2.81. The van der Waals surface area contributed by atoms with Crippen molar-refractivity contribution in [2.24, 2.45) is 5.92 Å². The maximum absolute atomic E-state index is 12.9. The molecule has 0 spiro atoms. The van der Waals surface area contributed by atoms with E-state index in [0.717, 1.165) is 38.1 Å². The van der Waals surface area contributed by atoms with Crippen molar-refractivity contribution >= 4 is 11.6 Å². The topological polar surface area (TPSA) is 63.6 Å². The summed E-state index contributed by atoms with van der Waals surface area (Å²) in [5.41, 5.74) is -0.410. The lowest BCUT2D eigenvalue weighted by Crippen LogP contribution is -2.34. The zero-order valence-electron chi connectivity index (χ0n) is 17.5. The largest absolute Gasteiger partial charge is 0.491 e. The fourth-order valence-corrected chi connectivity index (χ4v) is 3.61. The number of pyridine rings is 1. The van der Waals surface area contributed by atoms with Gasteiger partial charge in [0.15, 0.2) is 5.75 Å². The zero-order chi connectivity index (χ0) is 22.6. The molecule has 9 heteroatoms. The van der Waals surface area contributed by atoms with Gasteiger partial charge in [0, 0.05) is 24.0 Å². The zero-order valence-corrected chi connectivity index (χ0v) is 17.5. The first kappa shape index (κ1) is 22.9. The summed E-state index contributed by atoms with van der Waals surface area (Å²) >= 11 is 0. The number of rotatable bonds is 6. The van der Waals surface area contributed by atoms with Crippen LogP contribution in [0.3, 0.4) is 0 Å². The second-order valence-electron chi connectivity index (χ2n) is 7.91. The summed E-state index contributed by atoms with van der Waals surface area (Å²) in [6.45, 7) is 4.35. The minimum atomic E-state index is -4.49. The Kier molecular flexibility index (Phi) is 7.04. The average Bonchev–Trinajstić information content (AvgIpc) is 2.71. The first-order valence-corrected chi connectivity index (χ1v) is 10.1. The predicted molar refractivity (Wildman–Crippen MR) is 111 cm³/mol. The first-order valence-electron chi connectivity index (χ1n) is 10.1. The summed E-state index contributed by atoms with van der Waals surface area (Å²) in [7, 11) is 1.37.